The molecule has 2 rings (SSSR count). The van der Waals surface area contributed by atoms with Crippen LogP contribution in [0.25, 0.3) is 0 Å². The number of ether oxygens (including phenoxy) is 1. The van der Waals surface area contributed by atoms with Gasteiger partial charge in [0.2, 0.25) is 0 Å². The van der Waals surface area contributed by atoms with Crippen molar-refractivity contribution in [1.82, 2.24) is 0 Å². The lowest BCUT2D eigenvalue weighted by molar-refractivity contribution is -0.263. The van der Waals surface area contributed by atoms with Crippen molar-refractivity contribution in [3.05, 3.63) is 29.8 Å². The second-order valence-electron chi connectivity index (χ2n) is 5.22. The van der Waals surface area contributed by atoms with Gasteiger partial charge in [0.15, 0.2) is 6.29 Å². The van der Waals surface area contributed by atoms with Crippen LogP contribution in [0, 0.1) is 5.92 Å². The van der Waals surface area contributed by atoms with Crippen molar-refractivity contribution in [2.75, 3.05) is 0 Å². The zero-order valence-corrected chi connectivity index (χ0v) is 11.1. The van der Waals surface area contributed by atoms with Crippen LogP contribution in [-0.2, 0) is 4.74 Å². The molecule has 1 heterocycles. The second kappa shape index (κ2) is 6.07. The van der Waals surface area contributed by atoms with Crippen LogP contribution >= 0.6 is 0 Å². The highest BCUT2D eigenvalue weighted by Gasteiger charge is 2.42. The molecular weight excluding hydrogens is 264 g/mol. The van der Waals surface area contributed by atoms with Gasteiger partial charge in [-0.15, -0.1) is 0 Å². The molecule has 112 valence electrons. The molecule has 0 saturated carbocycles. The predicted octanol–water partition coefficient (Wildman–Crippen LogP) is -0.109. The fraction of sp³-hybridized carbons (Fsp3) is 0.571. The predicted molar refractivity (Wildman–Crippen MR) is 69.7 cm³/mol. The minimum absolute atomic E-state index is 0.0386. The van der Waals surface area contributed by atoms with E-state index in [2.05, 4.69) is 0 Å². The smallest absolute Gasteiger partial charge is 0.160 e. The molecule has 5 N–H and O–H groups in total. The van der Waals surface area contributed by atoms with Gasteiger partial charge in [0.25, 0.3) is 0 Å². The van der Waals surface area contributed by atoms with Gasteiger partial charge < -0.3 is 30.3 Å². The first kappa shape index (κ1) is 15.2. The third-order valence-electron chi connectivity index (χ3n) is 3.76. The lowest BCUT2D eigenvalue weighted by Crippen LogP contribution is -2.53. The van der Waals surface area contributed by atoms with E-state index in [4.69, 9.17) is 4.74 Å². The maximum absolute atomic E-state index is 10.1. The molecule has 2 unspecified atom stereocenters. The summed E-state index contributed by atoms with van der Waals surface area (Å²) in [7, 11) is 0. The fourth-order valence-electron chi connectivity index (χ4n) is 2.45. The van der Waals surface area contributed by atoms with Crippen LogP contribution in [0.4, 0.5) is 0 Å². The largest absolute Gasteiger partial charge is 0.508 e. The third kappa shape index (κ3) is 3.11. The van der Waals surface area contributed by atoms with E-state index in [0.717, 1.165) is 0 Å². The Bertz CT molecular complexity index is 434. The lowest BCUT2D eigenvalue weighted by Gasteiger charge is -2.40. The molecule has 1 aliphatic heterocycles. The maximum atomic E-state index is 10.1. The molecular formula is C14H20O6. The first-order chi connectivity index (χ1) is 9.40. The minimum Gasteiger partial charge on any atom is -0.508 e. The Morgan fingerprint density at radius 3 is 2.30 bits per heavy atom. The Hall–Kier alpha value is -1.18. The summed E-state index contributed by atoms with van der Waals surface area (Å²) in [4.78, 5) is 0. The fourth-order valence-corrected chi connectivity index (χ4v) is 2.45. The Labute approximate surface area is 116 Å². The average molecular weight is 284 g/mol. The van der Waals surface area contributed by atoms with Gasteiger partial charge in [0.1, 0.15) is 11.9 Å². The van der Waals surface area contributed by atoms with Crippen molar-refractivity contribution in [3.8, 4) is 5.75 Å². The highest BCUT2D eigenvalue weighted by Crippen LogP contribution is 2.32. The molecule has 0 aliphatic carbocycles. The van der Waals surface area contributed by atoms with E-state index in [1.165, 1.54) is 12.1 Å². The van der Waals surface area contributed by atoms with Gasteiger partial charge in [-0.25, -0.2) is 0 Å². The molecule has 1 aliphatic rings. The topological polar surface area (TPSA) is 110 Å². The molecule has 6 atom stereocenters. The Kier molecular flexibility index (Phi) is 4.62. The molecule has 0 aromatic heterocycles. The third-order valence-corrected chi connectivity index (χ3v) is 3.76. The zero-order valence-electron chi connectivity index (χ0n) is 11.1. The van der Waals surface area contributed by atoms with Crippen LogP contribution in [-0.4, -0.2) is 50.1 Å². The molecule has 0 bridgehead atoms. The van der Waals surface area contributed by atoms with Crippen molar-refractivity contribution in [3.63, 3.8) is 0 Å². The van der Waals surface area contributed by atoms with Gasteiger partial charge in [0.05, 0.1) is 18.3 Å². The standard InChI is InChI=1S/C14H20O6/c1-7-12(17)13(18)10(14(19)20-7)6-11(16)8-2-4-9(15)5-3-8/h2-5,7,10-19H,6H2,1H3/t7-,10+,11?,12-,13-,14?/m1/s1. The van der Waals surface area contributed by atoms with E-state index in [1.807, 2.05) is 0 Å². The first-order valence-corrected chi connectivity index (χ1v) is 6.57. The summed E-state index contributed by atoms with van der Waals surface area (Å²) in [5, 5.41) is 48.9. The van der Waals surface area contributed by atoms with Crippen LogP contribution in [0.3, 0.4) is 0 Å². The van der Waals surface area contributed by atoms with Crippen molar-refractivity contribution in [1.29, 1.82) is 0 Å². The van der Waals surface area contributed by atoms with Crippen LogP contribution in [0.5, 0.6) is 5.75 Å². The molecule has 1 saturated heterocycles. The number of phenolic OH excluding ortho intramolecular Hbond substituents is 1. The maximum Gasteiger partial charge on any atom is 0.160 e. The number of aliphatic hydroxyl groups is 4. The molecule has 0 spiro atoms. The number of aromatic hydroxyl groups is 1. The molecule has 1 aromatic rings. The number of aliphatic hydroxyl groups excluding tert-OH is 4. The number of benzene rings is 1. The van der Waals surface area contributed by atoms with Gasteiger partial charge in [-0.05, 0) is 31.0 Å². The van der Waals surface area contributed by atoms with Crippen molar-refractivity contribution in [2.24, 2.45) is 5.92 Å². The Balaban J connectivity index is 2.06. The van der Waals surface area contributed by atoms with Crippen molar-refractivity contribution in [2.45, 2.75) is 44.1 Å². The van der Waals surface area contributed by atoms with E-state index in [1.54, 1.807) is 19.1 Å². The monoisotopic (exact) mass is 284 g/mol. The number of hydrogen-bond donors (Lipinski definition) is 5. The quantitative estimate of drug-likeness (QED) is 0.530. The summed E-state index contributed by atoms with van der Waals surface area (Å²) in [6, 6.07) is 6.00. The van der Waals surface area contributed by atoms with E-state index < -0.39 is 36.6 Å². The molecule has 6 nitrogen and oxygen atoms in total. The summed E-state index contributed by atoms with van der Waals surface area (Å²) in [6.07, 6.45) is -5.07. The number of rotatable bonds is 3. The summed E-state index contributed by atoms with van der Waals surface area (Å²) in [5.41, 5.74) is 0.551. The highest BCUT2D eigenvalue weighted by molar-refractivity contribution is 5.27. The lowest BCUT2D eigenvalue weighted by atomic mass is 9.85. The van der Waals surface area contributed by atoms with Crippen LogP contribution in [0.1, 0.15) is 25.0 Å². The van der Waals surface area contributed by atoms with Gasteiger partial charge in [-0.3, -0.25) is 0 Å². The summed E-state index contributed by atoms with van der Waals surface area (Å²) < 4.78 is 5.13. The molecule has 20 heavy (non-hydrogen) atoms. The Morgan fingerprint density at radius 1 is 1.10 bits per heavy atom. The summed E-state index contributed by atoms with van der Waals surface area (Å²) >= 11 is 0. The second-order valence-corrected chi connectivity index (χ2v) is 5.22. The minimum atomic E-state index is -1.24. The average Bonchev–Trinajstić information content (AvgIpc) is 2.42. The van der Waals surface area contributed by atoms with Crippen molar-refractivity contribution < 1.29 is 30.3 Å². The summed E-state index contributed by atoms with van der Waals surface area (Å²) in [6.45, 7) is 1.56. The van der Waals surface area contributed by atoms with Crippen LogP contribution in [0.15, 0.2) is 24.3 Å². The van der Waals surface area contributed by atoms with Gasteiger partial charge in [-0.1, -0.05) is 12.1 Å². The van der Waals surface area contributed by atoms with Crippen LogP contribution < -0.4 is 0 Å². The van der Waals surface area contributed by atoms with Crippen molar-refractivity contribution >= 4 is 0 Å². The van der Waals surface area contributed by atoms with Crippen LogP contribution in [0.2, 0.25) is 0 Å². The molecule has 1 aromatic carbocycles. The van der Waals surface area contributed by atoms with Gasteiger partial charge in [-0.2, -0.15) is 0 Å². The number of phenols is 1. The van der Waals surface area contributed by atoms with Gasteiger partial charge >= 0.3 is 0 Å². The van der Waals surface area contributed by atoms with E-state index >= 15 is 0 Å². The molecule has 0 radical (unpaired) electrons. The highest BCUT2D eigenvalue weighted by atomic mass is 16.6. The first-order valence-electron chi connectivity index (χ1n) is 6.57. The van der Waals surface area contributed by atoms with Gasteiger partial charge in [0, 0.05) is 5.92 Å². The Morgan fingerprint density at radius 2 is 1.70 bits per heavy atom. The molecule has 0 amide bonds. The van der Waals surface area contributed by atoms with E-state index in [0.29, 0.717) is 5.56 Å². The zero-order chi connectivity index (χ0) is 14.9. The SMILES string of the molecule is C[C@H]1OC(O)[C@@H](CC(O)c2ccc(O)cc2)[C@@H](O)[C@@H]1O. The van der Waals surface area contributed by atoms with E-state index in [-0.39, 0.29) is 12.2 Å². The molecule has 6 heteroatoms. The normalized spacial score (nSPS) is 35.8. The number of hydrogen-bond acceptors (Lipinski definition) is 6. The van der Waals surface area contributed by atoms with E-state index in [9.17, 15) is 25.5 Å². The molecule has 1 fully saturated rings. The summed E-state index contributed by atoms with van der Waals surface area (Å²) in [5.74, 6) is -0.698.